The summed E-state index contributed by atoms with van der Waals surface area (Å²) in [7, 11) is 2.13. The Morgan fingerprint density at radius 1 is 1.07 bits per heavy atom. The van der Waals surface area contributed by atoms with Gasteiger partial charge < -0.3 is 4.90 Å². The number of hydrazine groups is 1. The maximum atomic E-state index is 11.4. The third-order valence-electron chi connectivity index (χ3n) is 4.99. The third kappa shape index (κ3) is 3.82. The monoisotopic (exact) mass is 361 g/mol. The van der Waals surface area contributed by atoms with Gasteiger partial charge in [-0.05, 0) is 37.2 Å². The lowest BCUT2D eigenvalue weighted by atomic mass is 9.97. The molecule has 0 radical (unpaired) electrons. The van der Waals surface area contributed by atoms with E-state index in [-0.39, 0.29) is 0 Å². The summed E-state index contributed by atoms with van der Waals surface area (Å²) in [6, 6.07) is 11.9. The second-order valence-electron chi connectivity index (χ2n) is 7.08. The average Bonchev–Trinajstić information content (AvgIpc) is 2.69. The first-order valence-electron chi connectivity index (χ1n) is 9.15. The van der Waals surface area contributed by atoms with Crippen molar-refractivity contribution in [3.8, 4) is 11.1 Å². The Morgan fingerprint density at radius 3 is 2.67 bits per heavy atom. The molecule has 2 heterocycles. The van der Waals surface area contributed by atoms with Gasteiger partial charge in [0.25, 0.3) is 0 Å². The summed E-state index contributed by atoms with van der Waals surface area (Å²) >= 11 is 0. The zero-order chi connectivity index (χ0) is 18.8. The Hall–Kier alpha value is -2.83. The van der Waals surface area contributed by atoms with Crippen molar-refractivity contribution in [1.82, 2.24) is 19.9 Å². The lowest BCUT2D eigenvalue weighted by Gasteiger charge is -2.32. The number of rotatable bonds is 4. The molecule has 2 aromatic carbocycles. The Balaban J connectivity index is 1.61. The number of nitrogens with one attached hydrogen (secondary N) is 1. The molecule has 6 heteroatoms. The van der Waals surface area contributed by atoms with Crippen LogP contribution >= 0.6 is 0 Å². The van der Waals surface area contributed by atoms with Gasteiger partial charge in [-0.3, -0.25) is 10.2 Å². The summed E-state index contributed by atoms with van der Waals surface area (Å²) in [5.74, 6) is 0.615. The van der Waals surface area contributed by atoms with Crippen LogP contribution in [0.5, 0.6) is 0 Å². The van der Waals surface area contributed by atoms with Crippen LogP contribution in [-0.2, 0) is 0 Å². The summed E-state index contributed by atoms with van der Waals surface area (Å²) in [6.45, 7) is 5.97. The van der Waals surface area contributed by atoms with E-state index in [1.54, 1.807) is 0 Å². The number of aromatic nitrogens is 2. The van der Waals surface area contributed by atoms with Gasteiger partial charge in [0.05, 0.1) is 5.52 Å². The highest BCUT2D eigenvalue weighted by Gasteiger charge is 2.14. The number of hydrogen-bond donors (Lipinski definition) is 1. The van der Waals surface area contributed by atoms with Gasteiger partial charge in [-0.15, -0.1) is 0 Å². The Morgan fingerprint density at radius 2 is 1.89 bits per heavy atom. The molecule has 1 N–H and O–H groups in total. The zero-order valence-corrected chi connectivity index (χ0v) is 15.6. The van der Waals surface area contributed by atoms with Crippen molar-refractivity contribution >= 4 is 23.1 Å². The molecule has 0 atom stereocenters. The molecule has 3 aromatic rings. The number of carbonyl (C=O) groups is 1. The molecule has 0 bridgehead atoms. The van der Waals surface area contributed by atoms with Gasteiger partial charge in [0, 0.05) is 43.3 Å². The van der Waals surface area contributed by atoms with Gasteiger partial charge in [0.1, 0.15) is 0 Å². The van der Waals surface area contributed by atoms with Crippen LogP contribution in [0.2, 0.25) is 0 Å². The van der Waals surface area contributed by atoms with Crippen molar-refractivity contribution in [1.29, 1.82) is 0 Å². The zero-order valence-electron chi connectivity index (χ0n) is 15.6. The Kier molecular flexibility index (Phi) is 4.83. The molecule has 1 aromatic heterocycles. The van der Waals surface area contributed by atoms with Crippen molar-refractivity contribution in [2.45, 2.75) is 6.92 Å². The predicted molar refractivity (Wildman–Crippen MR) is 108 cm³/mol. The maximum Gasteiger partial charge on any atom is 0.238 e. The number of anilines is 1. The summed E-state index contributed by atoms with van der Waals surface area (Å²) in [6.07, 6.45) is 2.74. The first kappa shape index (κ1) is 17.6. The number of benzene rings is 2. The number of hydrogen-bond acceptors (Lipinski definition) is 6. The minimum absolute atomic E-state index is 0.615. The van der Waals surface area contributed by atoms with Crippen LogP contribution < -0.4 is 5.43 Å². The Bertz CT molecular complexity index is 979. The smallest absolute Gasteiger partial charge is 0.238 e. The number of carbonyl (C=O) groups excluding carboxylic acids is 1. The highest BCUT2D eigenvalue weighted by atomic mass is 16.1. The summed E-state index contributed by atoms with van der Waals surface area (Å²) in [5.41, 5.74) is 7.93. The molecule has 27 heavy (non-hydrogen) atoms. The van der Waals surface area contributed by atoms with E-state index in [0.717, 1.165) is 60.1 Å². The number of piperazine rings is 1. The third-order valence-corrected chi connectivity index (χ3v) is 4.99. The van der Waals surface area contributed by atoms with Crippen molar-refractivity contribution < 1.29 is 4.79 Å². The summed E-state index contributed by atoms with van der Waals surface area (Å²) in [4.78, 5) is 22.8. The lowest BCUT2D eigenvalue weighted by molar-refractivity contribution is 0.112. The summed E-state index contributed by atoms with van der Waals surface area (Å²) < 4.78 is 0. The standard InChI is InChI=1S/C21H23N5O/c1-15-3-4-17(14-27)19(11-15)16-5-6-20-18(12-16)13-22-21(23-20)24-26-9-7-25(2)8-10-26/h3-6,11-14H,7-10H2,1-2H3,(H,22,23,24). The van der Waals surface area contributed by atoms with E-state index in [1.807, 2.05) is 49.5 Å². The predicted octanol–water partition coefficient (Wildman–Crippen LogP) is 2.99. The minimum Gasteiger partial charge on any atom is -0.304 e. The molecule has 0 spiro atoms. The van der Waals surface area contributed by atoms with Crippen molar-refractivity contribution in [2.75, 3.05) is 38.7 Å². The van der Waals surface area contributed by atoms with Gasteiger partial charge in [-0.2, -0.15) is 0 Å². The topological polar surface area (TPSA) is 61.4 Å². The van der Waals surface area contributed by atoms with Crippen molar-refractivity contribution in [3.05, 3.63) is 53.7 Å². The van der Waals surface area contributed by atoms with Crippen molar-refractivity contribution in [3.63, 3.8) is 0 Å². The van der Waals surface area contributed by atoms with E-state index in [2.05, 4.69) is 32.4 Å². The SMILES string of the molecule is Cc1ccc(C=O)c(-c2ccc3nc(NN4CCN(C)CC4)ncc3c2)c1. The van der Waals surface area contributed by atoms with Crippen LogP contribution in [0, 0.1) is 6.92 Å². The molecule has 1 saturated heterocycles. The molecular formula is C21H23N5O. The number of aldehydes is 1. The second-order valence-corrected chi connectivity index (χ2v) is 7.08. The van der Waals surface area contributed by atoms with Crippen LogP contribution in [0.1, 0.15) is 15.9 Å². The molecule has 0 saturated carbocycles. The summed E-state index contributed by atoms with van der Waals surface area (Å²) in [5, 5.41) is 3.10. The minimum atomic E-state index is 0.615. The average molecular weight is 361 g/mol. The van der Waals surface area contributed by atoms with E-state index < -0.39 is 0 Å². The molecule has 0 unspecified atom stereocenters. The van der Waals surface area contributed by atoms with E-state index in [4.69, 9.17) is 0 Å². The van der Waals surface area contributed by atoms with Crippen LogP contribution in [-0.4, -0.2) is 59.4 Å². The van der Waals surface area contributed by atoms with Crippen LogP contribution in [0.3, 0.4) is 0 Å². The fraction of sp³-hybridized carbons (Fsp3) is 0.286. The highest BCUT2D eigenvalue weighted by molar-refractivity contribution is 5.91. The molecule has 6 nitrogen and oxygen atoms in total. The quantitative estimate of drug-likeness (QED) is 0.721. The number of aryl methyl sites for hydroxylation is 1. The van der Waals surface area contributed by atoms with E-state index in [1.165, 1.54) is 0 Å². The van der Waals surface area contributed by atoms with Gasteiger partial charge in [-0.25, -0.2) is 15.0 Å². The van der Waals surface area contributed by atoms with Gasteiger partial charge in [0.15, 0.2) is 6.29 Å². The molecule has 138 valence electrons. The maximum absolute atomic E-state index is 11.4. The van der Waals surface area contributed by atoms with Crippen LogP contribution in [0.25, 0.3) is 22.0 Å². The Labute approximate surface area is 158 Å². The van der Waals surface area contributed by atoms with Gasteiger partial charge in [0.2, 0.25) is 5.95 Å². The molecule has 0 aliphatic carbocycles. The van der Waals surface area contributed by atoms with Crippen molar-refractivity contribution in [2.24, 2.45) is 0 Å². The molecular weight excluding hydrogens is 338 g/mol. The van der Waals surface area contributed by atoms with Gasteiger partial charge >= 0.3 is 0 Å². The molecule has 1 aliphatic rings. The van der Waals surface area contributed by atoms with Crippen LogP contribution in [0.15, 0.2) is 42.6 Å². The highest BCUT2D eigenvalue weighted by Crippen LogP contribution is 2.27. The lowest BCUT2D eigenvalue weighted by Crippen LogP contribution is -2.47. The van der Waals surface area contributed by atoms with E-state index in [0.29, 0.717) is 11.5 Å². The first-order chi connectivity index (χ1) is 13.1. The first-order valence-corrected chi connectivity index (χ1v) is 9.15. The normalized spacial score (nSPS) is 15.8. The number of fused-ring (bicyclic) bond motifs is 1. The largest absolute Gasteiger partial charge is 0.304 e. The molecule has 4 rings (SSSR count). The molecule has 1 aliphatic heterocycles. The number of nitrogens with zero attached hydrogens (tertiary/aromatic N) is 4. The molecule has 1 fully saturated rings. The van der Waals surface area contributed by atoms with Crippen LogP contribution in [0.4, 0.5) is 5.95 Å². The van der Waals surface area contributed by atoms with Gasteiger partial charge in [-0.1, -0.05) is 29.8 Å². The fourth-order valence-electron chi connectivity index (χ4n) is 3.34. The van der Waals surface area contributed by atoms with E-state index >= 15 is 0 Å². The van der Waals surface area contributed by atoms with E-state index in [9.17, 15) is 4.79 Å². The fourth-order valence-corrected chi connectivity index (χ4v) is 3.34. The second kappa shape index (κ2) is 7.42. The number of likely N-dealkylation sites (N-methyl/N-ethyl adjacent to an activating group) is 1. The molecule has 0 amide bonds.